The average molecular weight is 266 g/mol. The lowest BCUT2D eigenvalue weighted by Crippen LogP contribution is -2.45. The molecule has 0 amide bonds. The summed E-state index contributed by atoms with van der Waals surface area (Å²) in [4.78, 5) is 9.74. The quantitative estimate of drug-likeness (QED) is 0.871. The Morgan fingerprint density at radius 2 is 2.16 bits per heavy atom. The van der Waals surface area contributed by atoms with Gasteiger partial charge in [0.25, 0.3) is 0 Å². The number of likely N-dealkylation sites (N-methyl/N-ethyl adjacent to an activating group) is 1. The number of halogens is 2. The summed E-state index contributed by atoms with van der Waals surface area (Å²) >= 11 is 0. The molecular weight excluding hydrogens is 250 g/mol. The van der Waals surface area contributed by atoms with Crippen LogP contribution in [0.2, 0.25) is 0 Å². The first-order valence-electron chi connectivity index (χ1n) is 6.47. The summed E-state index contributed by atoms with van der Waals surface area (Å²) in [5, 5.41) is 3.37. The fraction of sp³-hybridized carbons (Fsp3) is 0.462. The standard InChI is InChI=1S/C13H16F2N4/c1-2-19-4-3-16-12(7-19)13-17-10-5-8(14)9(15)6-11(10)18-13/h5-6,12,16H,2-4,7H2,1H3,(H,17,18). The molecule has 1 aliphatic rings. The van der Waals surface area contributed by atoms with Crippen LogP contribution in [0, 0.1) is 11.6 Å². The molecule has 0 saturated carbocycles. The minimum absolute atomic E-state index is 0.0761. The molecule has 0 spiro atoms. The number of rotatable bonds is 2. The van der Waals surface area contributed by atoms with E-state index in [2.05, 4.69) is 27.1 Å². The molecule has 1 aliphatic heterocycles. The summed E-state index contributed by atoms with van der Waals surface area (Å²) in [6.45, 7) is 5.85. The van der Waals surface area contributed by atoms with Crippen molar-refractivity contribution in [3.05, 3.63) is 29.6 Å². The maximum Gasteiger partial charge on any atom is 0.161 e. The summed E-state index contributed by atoms with van der Waals surface area (Å²) in [6, 6.07) is 2.36. The van der Waals surface area contributed by atoms with Gasteiger partial charge in [0, 0.05) is 31.8 Å². The maximum atomic E-state index is 13.2. The predicted octanol–water partition coefficient (Wildman–Crippen LogP) is 1.81. The fourth-order valence-corrected chi connectivity index (χ4v) is 2.47. The average Bonchev–Trinajstić information content (AvgIpc) is 2.82. The monoisotopic (exact) mass is 266 g/mol. The summed E-state index contributed by atoms with van der Waals surface area (Å²) < 4.78 is 26.3. The number of fused-ring (bicyclic) bond motifs is 1. The number of aromatic nitrogens is 2. The van der Waals surface area contributed by atoms with E-state index in [9.17, 15) is 8.78 Å². The highest BCUT2D eigenvalue weighted by molar-refractivity contribution is 5.75. The molecule has 2 N–H and O–H groups in total. The van der Waals surface area contributed by atoms with Crippen LogP contribution in [0.25, 0.3) is 11.0 Å². The van der Waals surface area contributed by atoms with E-state index in [1.165, 1.54) is 0 Å². The second-order valence-electron chi connectivity index (χ2n) is 4.81. The Labute approximate surface area is 109 Å². The number of nitrogens with zero attached hydrogens (tertiary/aromatic N) is 2. The van der Waals surface area contributed by atoms with E-state index in [-0.39, 0.29) is 6.04 Å². The van der Waals surface area contributed by atoms with E-state index < -0.39 is 11.6 Å². The molecule has 0 bridgehead atoms. The smallest absolute Gasteiger partial charge is 0.161 e. The zero-order chi connectivity index (χ0) is 13.4. The molecule has 102 valence electrons. The van der Waals surface area contributed by atoms with Gasteiger partial charge in [0.05, 0.1) is 17.1 Å². The highest BCUT2D eigenvalue weighted by Crippen LogP contribution is 2.21. The molecule has 0 radical (unpaired) electrons. The number of imidazole rings is 1. The van der Waals surface area contributed by atoms with Gasteiger partial charge in [-0.2, -0.15) is 0 Å². The van der Waals surface area contributed by atoms with Gasteiger partial charge >= 0.3 is 0 Å². The number of benzene rings is 1. The van der Waals surface area contributed by atoms with Crippen LogP contribution in [0.5, 0.6) is 0 Å². The van der Waals surface area contributed by atoms with Crippen LogP contribution < -0.4 is 5.32 Å². The van der Waals surface area contributed by atoms with Crippen molar-refractivity contribution < 1.29 is 8.78 Å². The van der Waals surface area contributed by atoms with E-state index in [0.717, 1.165) is 44.1 Å². The van der Waals surface area contributed by atoms with Crippen LogP contribution in [-0.2, 0) is 0 Å². The number of hydrogen-bond donors (Lipinski definition) is 2. The topological polar surface area (TPSA) is 44.0 Å². The zero-order valence-corrected chi connectivity index (χ0v) is 10.7. The number of H-pyrrole nitrogens is 1. The van der Waals surface area contributed by atoms with Crippen LogP contribution in [-0.4, -0.2) is 41.0 Å². The van der Waals surface area contributed by atoms with Crippen LogP contribution in [0.15, 0.2) is 12.1 Å². The lowest BCUT2D eigenvalue weighted by atomic mass is 10.2. The minimum atomic E-state index is -0.864. The molecule has 4 nitrogen and oxygen atoms in total. The molecule has 3 rings (SSSR count). The number of hydrogen-bond acceptors (Lipinski definition) is 3. The second-order valence-corrected chi connectivity index (χ2v) is 4.81. The molecule has 6 heteroatoms. The minimum Gasteiger partial charge on any atom is -0.341 e. The van der Waals surface area contributed by atoms with Gasteiger partial charge in [-0.25, -0.2) is 13.8 Å². The Hall–Kier alpha value is -1.53. The lowest BCUT2D eigenvalue weighted by molar-refractivity contribution is 0.206. The Morgan fingerprint density at radius 1 is 1.37 bits per heavy atom. The van der Waals surface area contributed by atoms with Gasteiger partial charge in [0.2, 0.25) is 0 Å². The molecule has 1 aromatic heterocycles. The molecule has 0 aliphatic carbocycles. The molecule has 1 unspecified atom stereocenters. The number of nitrogens with one attached hydrogen (secondary N) is 2. The summed E-state index contributed by atoms with van der Waals surface area (Å²) in [6.07, 6.45) is 0. The highest BCUT2D eigenvalue weighted by atomic mass is 19.2. The van der Waals surface area contributed by atoms with E-state index in [1.54, 1.807) is 0 Å². The largest absolute Gasteiger partial charge is 0.341 e. The van der Waals surface area contributed by atoms with Crippen molar-refractivity contribution in [1.29, 1.82) is 0 Å². The van der Waals surface area contributed by atoms with Crippen LogP contribution >= 0.6 is 0 Å². The Kier molecular flexibility index (Phi) is 3.20. The first-order valence-corrected chi connectivity index (χ1v) is 6.47. The maximum absolute atomic E-state index is 13.2. The van der Waals surface area contributed by atoms with E-state index in [0.29, 0.717) is 11.0 Å². The first kappa shape index (κ1) is 12.5. The molecular formula is C13H16F2N4. The van der Waals surface area contributed by atoms with Gasteiger partial charge in [-0.05, 0) is 6.54 Å². The van der Waals surface area contributed by atoms with Crippen molar-refractivity contribution in [2.24, 2.45) is 0 Å². The van der Waals surface area contributed by atoms with Crippen LogP contribution in [0.1, 0.15) is 18.8 Å². The van der Waals surface area contributed by atoms with Gasteiger partial charge in [-0.15, -0.1) is 0 Å². The predicted molar refractivity (Wildman–Crippen MR) is 68.9 cm³/mol. The van der Waals surface area contributed by atoms with Gasteiger partial charge in [-0.1, -0.05) is 6.92 Å². The Morgan fingerprint density at radius 3 is 2.95 bits per heavy atom. The van der Waals surface area contributed by atoms with E-state index in [1.807, 2.05) is 0 Å². The van der Waals surface area contributed by atoms with Gasteiger partial charge < -0.3 is 15.2 Å². The number of piperazine rings is 1. The molecule has 2 heterocycles. The van der Waals surface area contributed by atoms with Gasteiger partial charge in [0.1, 0.15) is 5.82 Å². The Balaban J connectivity index is 1.92. The molecule has 1 aromatic carbocycles. The van der Waals surface area contributed by atoms with Crippen molar-refractivity contribution in [1.82, 2.24) is 20.2 Å². The molecule has 1 atom stereocenters. The van der Waals surface area contributed by atoms with Gasteiger partial charge in [-0.3, -0.25) is 0 Å². The number of aromatic amines is 1. The summed E-state index contributed by atoms with van der Waals surface area (Å²) in [7, 11) is 0. The van der Waals surface area contributed by atoms with Gasteiger partial charge in [0.15, 0.2) is 11.6 Å². The third-order valence-corrected chi connectivity index (χ3v) is 3.58. The molecule has 19 heavy (non-hydrogen) atoms. The summed E-state index contributed by atoms with van der Waals surface area (Å²) in [5.41, 5.74) is 0.994. The third-order valence-electron chi connectivity index (χ3n) is 3.58. The fourth-order valence-electron chi connectivity index (χ4n) is 2.47. The molecule has 1 fully saturated rings. The SMILES string of the molecule is CCN1CCNC(c2nc3cc(F)c(F)cc3[nH]2)C1. The van der Waals surface area contributed by atoms with Crippen molar-refractivity contribution in [3.8, 4) is 0 Å². The zero-order valence-electron chi connectivity index (χ0n) is 10.7. The van der Waals surface area contributed by atoms with Crippen molar-refractivity contribution in [3.63, 3.8) is 0 Å². The normalized spacial score (nSPS) is 21.1. The third kappa shape index (κ3) is 2.33. The van der Waals surface area contributed by atoms with Crippen LogP contribution in [0.3, 0.4) is 0 Å². The van der Waals surface area contributed by atoms with E-state index >= 15 is 0 Å². The van der Waals surface area contributed by atoms with E-state index in [4.69, 9.17) is 0 Å². The van der Waals surface area contributed by atoms with Crippen molar-refractivity contribution in [2.45, 2.75) is 13.0 Å². The summed E-state index contributed by atoms with van der Waals surface area (Å²) in [5.74, 6) is -0.982. The Bertz CT molecular complexity index is 557. The highest BCUT2D eigenvalue weighted by Gasteiger charge is 2.22. The second kappa shape index (κ2) is 4.86. The first-order chi connectivity index (χ1) is 9.17. The lowest BCUT2D eigenvalue weighted by Gasteiger charge is -2.31. The molecule has 2 aromatic rings. The molecule has 1 saturated heterocycles. The van der Waals surface area contributed by atoms with Crippen molar-refractivity contribution in [2.75, 3.05) is 26.2 Å². The van der Waals surface area contributed by atoms with Crippen molar-refractivity contribution >= 4 is 11.0 Å². The van der Waals surface area contributed by atoms with Crippen LogP contribution in [0.4, 0.5) is 8.78 Å².